The normalized spacial score (nSPS) is 10.1. The molecular formula is C18H17FO6. The van der Waals surface area contributed by atoms with Gasteiger partial charge in [-0.05, 0) is 36.4 Å². The van der Waals surface area contributed by atoms with Crippen molar-refractivity contribution in [3.63, 3.8) is 0 Å². The molecule has 2 aromatic rings. The second kappa shape index (κ2) is 8.14. The summed E-state index contributed by atoms with van der Waals surface area (Å²) >= 11 is 0. The van der Waals surface area contributed by atoms with E-state index >= 15 is 0 Å². The van der Waals surface area contributed by atoms with Gasteiger partial charge in [0, 0.05) is 5.56 Å². The summed E-state index contributed by atoms with van der Waals surface area (Å²) in [6, 6.07) is 8.33. The maximum atomic E-state index is 13.7. The molecule has 7 heteroatoms. The highest BCUT2D eigenvalue weighted by Gasteiger charge is 2.14. The second-order valence-corrected chi connectivity index (χ2v) is 4.92. The van der Waals surface area contributed by atoms with Gasteiger partial charge in [0.15, 0.2) is 35.5 Å². The van der Waals surface area contributed by atoms with Crippen LogP contribution in [0.1, 0.15) is 20.7 Å². The zero-order valence-corrected chi connectivity index (χ0v) is 14.0. The molecule has 2 rings (SSSR count). The Morgan fingerprint density at radius 2 is 1.52 bits per heavy atom. The molecule has 0 amide bonds. The molecule has 6 nitrogen and oxygen atoms in total. The molecule has 0 N–H and O–H groups in total. The molecule has 25 heavy (non-hydrogen) atoms. The van der Waals surface area contributed by atoms with Crippen LogP contribution < -0.4 is 14.2 Å². The van der Waals surface area contributed by atoms with Crippen molar-refractivity contribution < 1.29 is 32.9 Å². The largest absolute Gasteiger partial charge is 0.494 e. The average Bonchev–Trinajstić information content (AvgIpc) is 2.65. The minimum Gasteiger partial charge on any atom is -0.494 e. The van der Waals surface area contributed by atoms with Crippen molar-refractivity contribution in [2.75, 3.05) is 27.9 Å². The quantitative estimate of drug-likeness (QED) is 0.566. The van der Waals surface area contributed by atoms with Crippen LogP contribution in [0.25, 0.3) is 0 Å². The van der Waals surface area contributed by atoms with E-state index in [2.05, 4.69) is 4.74 Å². The van der Waals surface area contributed by atoms with E-state index in [1.54, 1.807) is 0 Å². The third-order valence-corrected chi connectivity index (χ3v) is 3.42. The number of ether oxygens (including phenoxy) is 4. The predicted molar refractivity (Wildman–Crippen MR) is 87.1 cm³/mol. The van der Waals surface area contributed by atoms with Crippen LogP contribution in [0.2, 0.25) is 0 Å². The summed E-state index contributed by atoms with van der Waals surface area (Å²) in [6.07, 6.45) is 0. The van der Waals surface area contributed by atoms with Crippen molar-refractivity contribution in [1.82, 2.24) is 0 Å². The van der Waals surface area contributed by atoms with Crippen LogP contribution in [-0.2, 0) is 4.74 Å². The van der Waals surface area contributed by atoms with Crippen molar-refractivity contribution in [1.29, 1.82) is 0 Å². The van der Waals surface area contributed by atoms with E-state index in [0.717, 1.165) is 6.07 Å². The van der Waals surface area contributed by atoms with Crippen LogP contribution >= 0.6 is 0 Å². The SMILES string of the molecule is COC(=O)c1ccc(OCC(=O)c2ccc(OC)c(F)c2)c(OC)c1. The summed E-state index contributed by atoms with van der Waals surface area (Å²) in [5.74, 6) is -0.963. The van der Waals surface area contributed by atoms with Crippen LogP contribution in [0.5, 0.6) is 17.2 Å². The summed E-state index contributed by atoms with van der Waals surface area (Å²) in [7, 11) is 4.02. The summed E-state index contributed by atoms with van der Waals surface area (Å²) in [4.78, 5) is 23.7. The number of hydrogen-bond donors (Lipinski definition) is 0. The van der Waals surface area contributed by atoms with Crippen molar-refractivity contribution in [2.45, 2.75) is 0 Å². The van der Waals surface area contributed by atoms with Gasteiger partial charge in [-0.1, -0.05) is 0 Å². The van der Waals surface area contributed by atoms with Gasteiger partial charge in [0.25, 0.3) is 0 Å². The van der Waals surface area contributed by atoms with E-state index in [0.29, 0.717) is 0 Å². The third-order valence-electron chi connectivity index (χ3n) is 3.42. The van der Waals surface area contributed by atoms with Crippen LogP contribution in [0.15, 0.2) is 36.4 Å². The van der Waals surface area contributed by atoms with E-state index in [1.807, 2.05) is 0 Å². The van der Waals surface area contributed by atoms with Gasteiger partial charge in [0.05, 0.1) is 26.9 Å². The van der Waals surface area contributed by atoms with E-state index in [9.17, 15) is 14.0 Å². The minimum atomic E-state index is -0.631. The number of Topliss-reactive ketones (excluding diaryl/α,β-unsaturated/α-hetero) is 1. The molecule has 0 aromatic heterocycles. The minimum absolute atomic E-state index is 0.0533. The Labute approximate surface area is 144 Å². The fraction of sp³-hybridized carbons (Fsp3) is 0.222. The van der Waals surface area contributed by atoms with Gasteiger partial charge in [0.2, 0.25) is 0 Å². The molecule has 0 aliphatic carbocycles. The van der Waals surface area contributed by atoms with Crippen molar-refractivity contribution in [3.8, 4) is 17.2 Å². The molecule has 0 atom stereocenters. The number of hydrogen-bond acceptors (Lipinski definition) is 6. The molecule has 2 aromatic carbocycles. The molecule has 132 valence electrons. The Kier molecular flexibility index (Phi) is 5.94. The lowest BCUT2D eigenvalue weighted by Gasteiger charge is -2.11. The number of rotatable bonds is 7. The lowest BCUT2D eigenvalue weighted by molar-refractivity contribution is 0.0600. The van der Waals surface area contributed by atoms with E-state index < -0.39 is 17.6 Å². The number of halogens is 1. The van der Waals surface area contributed by atoms with Crippen LogP contribution in [0.4, 0.5) is 4.39 Å². The average molecular weight is 348 g/mol. The summed E-state index contributed by atoms with van der Waals surface area (Å²) in [5.41, 5.74) is 0.443. The highest BCUT2D eigenvalue weighted by Crippen LogP contribution is 2.28. The third kappa shape index (κ3) is 4.26. The lowest BCUT2D eigenvalue weighted by Crippen LogP contribution is -2.12. The zero-order chi connectivity index (χ0) is 18.4. The number of benzene rings is 2. The molecule has 0 aliphatic heterocycles. The van der Waals surface area contributed by atoms with Crippen molar-refractivity contribution >= 4 is 11.8 Å². The molecule has 0 bridgehead atoms. The number of carbonyl (C=O) groups excluding carboxylic acids is 2. The van der Waals surface area contributed by atoms with E-state index in [-0.39, 0.29) is 35.0 Å². The molecule has 0 saturated carbocycles. The molecule has 0 heterocycles. The number of methoxy groups -OCH3 is 3. The molecular weight excluding hydrogens is 331 g/mol. The predicted octanol–water partition coefficient (Wildman–Crippen LogP) is 2.89. The maximum Gasteiger partial charge on any atom is 0.337 e. The molecule has 0 fully saturated rings. The zero-order valence-electron chi connectivity index (χ0n) is 14.0. The van der Waals surface area contributed by atoms with Gasteiger partial charge in [-0.2, -0.15) is 0 Å². The lowest BCUT2D eigenvalue weighted by atomic mass is 10.1. The second-order valence-electron chi connectivity index (χ2n) is 4.92. The molecule has 0 saturated heterocycles. The smallest absolute Gasteiger partial charge is 0.337 e. The Morgan fingerprint density at radius 3 is 2.12 bits per heavy atom. The standard InChI is InChI=1S/C18H17FO6/c1-22-15-6-4-11(8-13(15)19)14(20)10-25-16-7-5-12(18(21)24-3)9-17(16)23-2/h4-9H,10H2,1-3H3. The fourth-order valence-electron chi connectivity index (χ4n) is 2.10. The monoisotopic (exact) mass is 348 g/mol. The fourth-order valence-corrected chi connectivity index (χ4v) is 2.10. The Balaban J connectivity index is 2.11. The molecule has 0 spiro atoms. The first-order valence-corrected chi connectivity index (χ1v) is 7.26. The molecule has 0 unspecified atom stereocenters. The van der Waals surface area contributed by atoms with Crippen molar-refractivity contribution in [2.24, 2.45) is 0 Å². The van der Waals surface area contributed by atoms with E-state index in [4.69, 9.17) is 14.2 Å². The first-order chi connectivity index (χ1) is 12.0. The van der Waals surface area contributed by atoms with Gasteiger partial charge < -0.3 is 18.9 Å². The van der Waals surface area contributed by atoms with Crippen LogP contribution in [0.3, 0.4) is 0 Å². The van der Waals surface area contributed by atoms with Crippen LogP contribution in [0, 0.1) is 5.82 Å². The topological polar surface area (TPSA) is 71.1 Å². The molecule has 0 radical (unpaired) electrons. The Morgan fingerprint density at radius 1 is 0.880 bits per heavy atom. The van der Waals surface area contributed by atoms with Gasteiger partial charge in [0.1, 0.15) is 0 Å². The summed E-state index contributed by atoms with van der Waals surface area (Å²) in [5, 5.41) is 0. The molecule has 0 aliphatic rings. The van der Waals surface area contributed by atoms with E-state index in [1.165, 1.54) is 51.7 Å². The van der Waals surface area contributed by atoms with Gasteiger partial charge in [-0.25, -0.2) is 9.18 Å². The highest BCUT2D eigenvalue weighted by molar-refractivity contribution is 5.97. The van der Waals surface area contributed by atoms with Gasteiger partial charge in [-0.3, -0.25) is 4.79 Å². The van der Waals surface area contributed by atoms with Crippen molar-refractivity contribution in [3.05, 3.63) is 53.3 Å². The summed E-state index contributed by atoms with van der Waals surface area (Å²) in [6.45, 7) is -0.320. The van der Waals surface area contributed by atoms with Crippen LogP contribution in [-0.4, -0.2) is 39.7 Å². The summed E-state index contributed by atoms with van der Waals surface area (Å²) < 4.78 is 33.7. The number of ketones is 1. The first-order valence-electron chi connectivity index (χ1n) is 7.26. The maximum absolute atomic E-state index is 13.7. The first kappa shape index (κ1) is 18.3. The van der Waals surface area contributed by atoms with Gasteiger partial charge >= 0.3 is 5.97 Å². The Bertz CT molecular complexity index is 787. The van der Waals surface area contributed by atoms with Gasteiger partial charge in [-0.15, -0.1) is 0 Å². The number of carbonyl (C=O) groups is 2. The Hall–Kier alpha value is -3.09. The number of esters is 1. The highest BCUT2D eigenvalue weighted by atomic mass is 19.1.